The SMILES string of the molecule is CC(CC1CCC1)NC1CCCCN(C(=O)OC(C)(C)C)C1. The van der Waals surface area contributed by atoms with Gasteiger partial charge in [-0.25, -0.2) is 4.79 Å². The maximum absolute atomic E-state index is 12.3. The minimum Gasteiger partial charge on any atom is -0.444 e. The van der Waals surface area contributed by atoms with Gasteiger partial charge in [0.2, 0.25) is 0 Å². The minimum atomic E-state index is -0.413. The maximum atomic E-state index is 12.3. The summed E-state index contributed by atoms with van der Waals surface area (Å²) in [6.07, 6.45) is 8.76. The van der Waals surface area contributed by atoms with Crippen molar-refractivity contribution in [3.05, 3.63) is 0 Å². The van der Waals surface area contributed by atoms with E-state index in [1.807, 2.05) is 25.7 Å². The molecule has 2 aliphatic rings. The van der Waals surface area contributed by atoms with Crippen molar-refractivity contribution in [2.75, 3.05) is 13.1 Å². The van der Waals surface area contributed by atoms with E-state index in [0.717, 1.165) is 31.8 Å². The van der Waals surface area contributed by atoms with Gasteiger partial charge in [-0.3, -0.25) is 0 Å². The summed E-state index contributed by atoms with van der Waals surface area (Å²) in [6.45, 7) is 9.69. The van der Waals surface area contributed by atoms with Gasteiger partial charge in [-0.1, -0.05) is 25.7 Å². The highest BCUT2D eigenvalue weighted by Crippen LogP contribution is 2.30. The predicted molar refractivity (Wildman–Crippen MR) is 90.0 cm³/mol. The number of carbonyl (C=O) groups excluding carboxylic acids is 1. The zero-order valence-corrected chi connectivity index (χ0v) is 14.9. The van der Waals surface area contributed by atoms with Crippen LogP contribution in [0.15, 0.2) is 0 Å². The molecule has 4 heteroatoms. The van der Waals surface area contributed by atoms with Gasteiger partial charge in [0.25, 0.3) is 0 Å². The maximum Gasteiger partial charge on any atom is 0.410 e. The van der Waals surface area contributed by atoms with Crippen LogP contribution in [0.2, 0.25) is 0 Å². The van der Waals surface area contributed by atoms with Crippen LogP contribution in [-0.4, -0.2) is 41.8 Å². The first-order chi connectivity index (χ1) is 10.3. The molecule has 0 bridgehead atoms. The topological polar surface area (TPSA) is 41.6 Å². The lowest BCUT2D eigenvalue weighted by atomic mass is 9.81. The molecule has 1 heterocycles. The molecule has 0 aromatic carbocycles. The van der Waals surface area contributed by atoms with Crippen LogP contribution in [0.3, 0.4) is 0 Å². The molecule has 1 aliphatic carbocycles. The Kier molecular flexibility index (Phi) is 6.13. The van der Waals surface area contributed by atoms with Crippen LogP contribution in [0, 0.1) is 5.92 Å². The third-order valence-corrected chi connectivity index (χ3v) is 4.75. The van der Waals surface area contributed by atoms with Crippen molar-refractivity contribution in [2.45, 2.75) is 90.3 Å². The minimum absolute atomic E-state index is 0.159. The van der Waals surface area contributed by atoms with E-state index in [1.165, 1.54) is 32.1 Å². The van der Waals surface area contributed by atoms with Crippen molar-refractivity contribution < 1.29 is 9.53 Å². The van der Waals surface area contributed by atoms with E-state index in [-0.39, 0.29) is 6.09 Å². The third kappa shape index (κ3) is 5.79. The van der Waals surface area contributed by atoms with Crippen LogP contribution in [0.25, 0.3) is 0 Å². The molecule has 2 unspecified atom stereocenters. The first kappa shape index (κ1) is 17.6. The van der Waals surface area contributed by atoms with Gasteiger partial charge in [0.05, 0.1) is 0 Å². The lowest BCUT2D eigenvalue weighted by Gasteiger charge is -2.32. The van der Waals surface area contributed by atoms with Crippen LogP contribution in [0.5, 0.6) is 0 Å². The van der Waals surface area contributed by atoms with E-state index in [0.29, 0.717) is 12.1 Å². The first-order valence-electron chi connectivity index (χ1n) is 9.07. The number of nitrogens with one attached hydrogen (secondary N) is 1. The van der Waals surface area contributed by atoms with Crippen molar-refractivity contribution in [1.29, 1.82) is 0 Å². The molecule has 1 saturated carbocycles. The van der Waals surface area contributed by atoms with Gasteiger partial charge in [0, 0.05) is 25.2 Å². The second-order valence-corrected chi connectivity index (χ2v) is 8.22. The van der Waals surface area contributed by atoms with Gasteiger partial charge in [-0.15, -0.1) is 0 Å². The van der Waals surface area contributed by atoms with Crippen LogP contribution >= 0.6 is 0 Å². The van der Waals surface area contributed by atoms with Crippen molar-refractivity contribution in [1.82, 2.24) is 10.2 Å². The van der Waals surface area contributed by atoms with Crippen molar-refractivity contribution >= 4 is 6.09 Å². The van der Waals surface area contributed by atoms with Gasteiger partial charge in [-0.2, -0.15) is 0 Å². The Morgan fingerprint density at radius 1 is 1.23 bits per heavy atom. The number of rotatable bonds is 4. The molecule has 2 fully saturated rings. The summed E-state index contributed by atoms with van der Waals surface area (Å²) < 4.78 is 5.54. The molecule has 1 amide bonds. The first-order valence-corrected chi connectivity index (χ1v) is 9.07. The summed E-state index contributed by atoms with van der Waals surface area (Å²) in [5.74, 6) is 0.926. The summed E-state index contributed by atoms with van der Waals surface area (Å²) in [5.41, 5.74) is -0.413. The molecule has 0 aromatic heterocycles. The van der Waals surface area contributed by atoms with Crippen molar-refractivity contribution in [3.8, 4) is 0 Å². The van der Waals surface area contributed by atoms with Crippen LogP contribution in [0.1, 0.15) is 72.6 Å². The van der Waals surface area contributed by atoms with E-state index in [4.69, 9.17) is 4.74 Å². The van der Waals surface area contributed by atoms with E-state index in [9.17, 15) is 4.79 Å². The largest absolute Gasteiger partial charge is 0.444 e. The Hall–Kier alpha value is -0.770. The Morgan fingerprint density at radius 3 is 2.55 bits per heavy atom. The normalized spacial score (nSPS) is 25.3. The van der Waals surface area contributed by atoms with Gasteiger partial charge in [0.15, 0.2) is 0 Å². The van der Waals surface area contributed by atoms with E-state index >= 15 is 0 Å². The number of nitrogens with zero attached hydrogens (tertiary/aromatic N) is 1. The fraction of sp³-hybridized carbons (Fsp3) is 0.944. The molecular weight excluding hydrogens is 276 g/mol. The third-order valence-electron chi connectivity index (χ3n) is 4.75. The number of hydrogen-bond acceptors (Lipinski definition) is 3. The molecule has 0 spiro atoms. The van der Waals surface area contributed by atoms with Crippen molar-refractivity contribution in [3.63, 3.8) is 0 Å². The average molecular weight is 310 g/mol. The Labute approximate surface area is 136 Å². The average Bonchev–Trinajstić information content (AvgIpc) is 2.57. The van der Waals surface area contributed by atoms with Crippen molar-refractivity contribution in [2.24, 2.45) is 5.92 Å². The Morgan fingerprint density at radius 2 is 1.95 bits per heavy atom. The lowest BCUT2D eigenvalue weighted by molar-refractivity contribution is 0.0241. The summed E-state index contributed by atoms with van der Waals surface area (Å²) >= 11 is 0. The molecule has 2 rings (SSSR count). The quantitative estimate of drug-likeness (QED) is 0.855. The fourth-order valence-corrected chi connectivity index (χ4v) is 3.47. The molecule has 128 valence electrons. The predicted octanol–water partition coefficient (Wildman–Crippen LogP) is 3.94. The van der Waals surface area contributed by atoms with E-state index < -0.39 is 5.60 Å². The Balaban J connectivity index is 1.82. The number of amides is 1. The second-order valence-electron chi connectivity index (χ2n) is 8.22. The van der Waals surface area contributed by atoms with Gasteiger partial charge in [0.1, 0.15) is 5.60 Å². The summed E-state index contributed by atoms with van der Waals surface area (Å²) in [7, 11) is 0. The molecule has 2 atom stereocenters. The van der Waals surface area contributed by atoms with Crippen LogP contribution in [-0.2, 0) is 4.74 Å². The monoisotopic (exact) mass is 310 g/mol. The summed E-state index contributed by atoms with van der Waals surface area (Å²) in [4.78, 5) is 14.2. The number of likely N-dealkylation sites (tertiary alicyclic amines) is 1. The molecule has 4 nitrogen and oxygen atoms in total. The zero-order chi connectivity index (χ0) is 16.2. The van der Waals surface area contributed by atoms with Gasteiger partial charge < -0.3 is 15.0 Å². The molecule has 0 radical (unpaired) electrons. The van der Waals surface area contributed by atoms with E-state index in [2.05, 4.69) is 12.2 Å². The van der Waals surface area contributed by atoms with Gasteiger partial charge in [-0.05, 0) is 52.9 Å². The standard InChI is InChI=1S/C18H34N2O2/c1-14(12-15-8-7-9-15)19-16-10-5-6-11-20(13-16)17(21)22-18(2,3)4/h14-16,19H,5-13H2,1-4H3. The van der Waals surface area contributed by atoms with Crippen LogP contribution in [0.4, 0.5) is 4.79 Å². The molecule has 1 saturated heterocycles. The second kappa shape index (κ2) is 7.67. The highest BCUT2D eigenvalue weighted by molar-refractivity contribution is 5.68. The lowest BCUT2D eigenvalue weighted by Crippen LogP contribution is -2.47. The highest BCUT2D eigenvalue weighted by atomic mass is 16.6. The molecule has 0 aromatic rings. The summed E-state index contributed by atoms with van der Waals surface area (Å²) in [6, 6.07) is 0.957. The molecule has 1 aliphatic heterocycles. The summed E-state index contributed by atoms with van der Waals surface area (Å²) in [5, 5.41) is 3.76. The fourth-order valence-electron chi connectivity index (χ4n) is 3.47. The van der Waals surface area contributed by atoms with Crippen LogP contribution < -0.4 is 5.32 Å². The molecule has 1 N–H and O–H groups in total. The number of hydrogen-bond donors (Lipinski definition) is 1. The molecular formula is C18H34N2O2. The number of ether oxygens (including phenoxy) is 1. The zero-order valence-electron chi connectivity index (χ0n) is 14.9. The smallest absolute Gasteiger partial charge is 0.410 e. The van der Waals surface area contributed by atoms with Gasteiger partial charge >= 0.3 is 6.09 Å². The number of carbonyl (C=O) groups is 1. The Bertz CT molecular complexity index is 361. The van der Waals surface area contributed by atoms with E-state index in [1.54, 1.807) is 0 Å². The molecule has 22 heavy (non-hydrogen) atoms. The highest BCUT2D eigenvalue weighted by Gasteiger charge is 2.27.